The van der Waals surface area contributed by atoms with Crippen LogP contribution in [0.3, 0.4) is 0 Å². The van der Waals surface area contributed by atoms with Gasteiger partial charge in [-0.3, -0.25) is 0 Å². The summed E-state index contributed by atoms with van der Waals surface area (Å²) in [6.07, 6.45) is 2.38. The van der Waals surface area contributed by atoms with Gasteiger partial charge in [0.05, 0.1) is 22.1 Å². The van der Waals surface area contributed by atoms with Crippen molar-refractivity contribution in [3.8, 4) is 11.6 Å². The Hall–Kier alpha value is -1.38. The quantitative estimate of drug-likeness (QED) is 0.172. The lowest BCUT2D eigenvalue weighted by Gasteiger charge is -2.21. The van der Waals surface area contributed by atoms with E-state index in [0.29, 0.717) is 41.2 Å². The number of benzene rings is 1. The fourth-order valence-corrected chi connectivity index (χ4v) is 5.04. The number of nitrogens with zero attached hydrogens (tertiary/aromatic N) is 2. The largest absolute Gasteiger partial charge is 0.481 e. The van der Waals surface area contributed by atoms with Crippen LogP contribution in [0.2, 0.25) is 35.7 Å². The number of aromatic nitrogens is 1. The Morgan fingerprint density at radius 2 is 2.00 bits per heavy atom. The summed E-state index contributed by atoms with van der Waals surface area (Å²) in [5, 5.41) is 1.00. The summed E-state index contributed by atoms with van der Waals surface area (Å²) >= 11 is 18.7. The molecule has 0 bridgehead atoms. The summed E-state index contributed by atoms with van der Waals surface area (Å²) < 4.78 is 16.9. The van der Waals surface area contributed by atoms with Gasteiger partial charge in [-0.05, 0) is 24.2 Å². The molecule has 1 atom stereocenters. The molecule has 0 aliphatic carbocycles. The second kappa shape index (κ2) is 10.5. The van der Waals surface area contributed by atoms with E-state index in [0.717, 1.165) is 22.3 Å². The number of methoxy groups -OCH3 is 1. The van der Waals surface area contributed by atoms with Crippen LogP contribution in [-0.2, 0) is 4.74 Å². The van der Waals surface area contributed by atoms with E-state index in [4.69, 9.17) is 49.6 Å². The minimum Gasteiger partial charge on any atom is -0.481 e. The predicted molar refractivity (Wildman–Crippen MR) is 134 cm³/mol. The van der Waals surface area contributed by atoms with Crippen LogP contribution in [0.5, 0.6) is 11.6 Å². The van der Waals surface area contributed by atoms with Crippen LogP contribution in [0, 0.1) is 0 Å². The maximum Gasteiger partial charge on any atom is 0.214 e. The lowest BCUT2D eigenvalue weighted by molar-refractivity contribution is 0.0213. The number of halogens is 2. The molecule has 2 heterocycles. The Bertz CT molecular complexity index is 939. The summed E-state index contributed by atoms with van der Waals surface area (Å²) in [7, 11) is 0.454. The second-order valence-electron chi connectivity index (χ2n) is 8.72. The van der Waals surface area contributed by atoms with E-state index in [1.54, 1.807) is 19.4 Å². The molecule has 0 N–H and O–H groups in total. The molecule has 2 aromatic rings. The first kappa shape index (κ1) is 24.3. The van der Waals surface area contributed by atoms with Gasteiger partial charge in [0.2, 0.25) is 5.88 Å². The van der Waals surface area contributed by atoms with Gasteiger partial charge in [0.15, 0.2) is 6.79 Å². The monoisotopic (exact) mass is 498 g/mol. The summed E-state index contributed by atoms with van der Waals surface area (Å²) in [5.74, 6) is 1.28. The highest BCUT2D eigenvalue weighted by Gasteiger charge is 2.33. The van der Waals surface area contributed by atoms with Crippen molar-refractivity contribution >= 4 is 54.2 Å². The fourth-order valence-electron chi connectivity index (χ4n) is 3.43. The molecule has 3 rings (SSSR count). The number of pyridine rings is 1. The van der Waals surface area contributed by atoms with Crippen LogP contribution in [-0.4, -0.2) is 45.1 Å². The first-order valence-electron chi connectivity index (χ1n) is 10.2. The minimum absolute atomic E-state index is 0.0508. The Morgan fingerprint density at radius 3 is 2.71 bits per heavy atom. The van der Waals surface area contributed by atoms with Crippen LogP contribution in [0.25, 0.3) is 0 Å². The number of hydrogen-bond acceptors (Lipinski definition) is 5. The number of ether oxygens (including phenoxy) is 3. The average molecular weight is 500 g/mol. The third kappa shape index (κ3) is 6.32. The molecule has 31 heavy (non-hydrogen) atoms. The summed E-state index contributed by atoms with van der Waals surface area (Å²) in [4.78, 5) is 7.08. The van der Waals surface area contributed by atoms with Gasteiger partial charge in [-0.15, -0.1) is 0 Å². The maximum absolute atomic E-state index is 6.63. The first-order chi connectivity index (χ1) is 14.7. The number of anilines is 1. The molecule has 0 saturated carbocycles. The zero-order valence-electron chi connectivity index (χ0n) is 18.3. The second-order valence-corrected chi connectivity index (χ2v) is 15.6. The molecule has 1 aliphatic rings. The topological polar surface area (TPSA) is 43.8 Å². The highest BCUT2D eigenvalue weighted by molar-refractivity contribution is 7.80. The molecule has 1 aliphatic heterocycles. The SMILES string of the molecule is COc1cc(N2CC(c3c(OCOCC[Si](C)(C)C)ccc(Cl)c3Cl)CC2=S)ccn1. The van der Waals surface area contributed by atoms with Gasteiger partial charge in [-0.2, -0.15) is 0 Å². The fraction of sp³-hybridized carbons (Fsp3) is 0.455. The highest BCUT2D eigenvalue weighted by atomic mass is 35.5. The van der Waals surface area contributed by atoms with Gasteiger partial charge in [-0.1, -0.05) is 55.1 Å². The molecule has 1 unspecified atom stereocenters. The average Bonchev–Trinajstić information content (AvgIpc) is 3.10. The van der Waals surface area contributed by atoms with Gasteiger partial charge in [0.25, 0.3) is 0 Å². The van der Waals surface area contributed by atoms with E-state index < -0.39 is 8.07 Å². The Balaban J connectivity index is 1.75. The molecule has 0 spiro atoms. The standard InChI is InChI=1S/C22H28Cl2N2O3SSi/c1-27-19-12-16(7-8-25-19)26-13-15(11-20(26)30)21-18(6-5-17(23)22(21)24)29-14-28-9-10-31(2,3)4/h5-8,12,15H,9-11,13-14H2,1-4H3. The maximum atomic E-state index is 6.63. The molecule has 168 valence electrons. The highest BCUT2D eigenvalue weighted by Crippen LogP contribution is 2.43. The van der Waals surface area contributed by atoms with Crippen molar-refractivity contribution in [1.82, 2.24) is 4.98 Å². The zero-order valence-corrected chi connectivity index (χ0v) is 21.6. The van der Waals surface area contributed by atoms with Crippen LogP contribution in [0.1, 0.15) is 17.9 Å². The van der Waals surface area contributed by atoms with Crippen molar-refractivity contribution in [3.63, 3.8) is 0 Å². The van der Waals surface area contributed by atoms with Crippen LogP contribution < -0.4 is 14.4 Å². The lowest BCUT2D eigenvalue weighted by Crippen LogP contribution is -2.23. The number of hydrogen-bond donors (Lipinski definition) is 0. The molecule has 1 fully saturated rings. The van der Waals surface area contributed by atoms with Crippen LogP contribution in [0.15, 0.2) is 30.5 Å². The molecule has 1 aromatic carbocycles. The van der Waals surface area contributed by atoms with Gasteiger partial charge >= 0.3 is 0 Å². The third-order valence-corrected chi connectivity index (χ3v) is 8.07. The molecule has 0 amide bonds. The summed E-state index contributed by atoms with van der Waals surface area (Å²) in [5.41, 5.74) is 1.81. The Kier molecular flexibility index (Phi) is 8.21. The van der Waals surface area contributed by atoms with Crippen molar-refractivity contribution in [1.29, 1.82) is 0 Å². The molecule has 5 nitrogen and oxygen atoms in total. The van der Waals surface area contributed by atoms with Crippen molar-refractivity contribution in [2.75, 3.05) is 32.0 Å². The van der Waals surface area contributed by atoms with E-state index in [1.807, 2.05) is 18.2 Å². The first-order valence-corrected chi connectivity index (χ1v) is 15.1. The van der Waals surface area contributed by atoms with Crippen molar-refractivity contribution in [3.05, 3.63) is 46.1 Å². The van der Waals surface area contributed by atoms with E-state index in [2.05, 4.69) is 29.5 Å². The number of thiocarbonyl (C=S) groups is 1. The zero-order chi connectivity index (χ0) is 22.6. The van der Waals surface area contributed by atoms with E-state index in [1.165, 1.54) is 0 Å². The van der Waals surface area contributed by atoms with E-state index in [-0.39, 0.29) is 12.7 Å². The van der Waals surface area contributed by atoms with Crippen molar-refractivity contribution < 1.29 is 14.2 Å². The summed E-state index contributed by atoms with van der Waals surface area (Å²) in [6.45, 7) is 8.50. The van der Waals surface area contributed by atoms with E-state index in [9.17, 15) is 0 Å². The van der Waals surface area contributed by atoms with Gasteiger partial charge in [0.1, 0.15) is 5.75 Å². The Morgan fingerprint density at radius 1 is 1.23 bits per heavy atom. The number of rotatable bonds is 9. The molecule has 1 aromatic heterocycles. The Labute approximate surface area is 200 Å². The van der Waals surface area contributed by atoms with E-state index >= 15 is 0 Å². The van der Waals surface area contributed by atoms with Crippen molar-refractivity contribution in [2.45, 2.75) is 38.0 Å². The lowest BCUT2D eigenvalue weighted by atomic mass is 9.97. The molecular formula is C22H28Cl2N2O3SSi. The van der Waals surface area contributed by atoms with Crippen molar-refractivity contribution in [2.24, 2.45) is 0 Å². The van der Waals surface area contributed by atoms with Gasteiger partial charge < -0.3 is 19.1 Å². The third-order valence-electron chi connectivity index (χ3n) is 5.16. The molecule has 1 saturated heterocycles. The normalized spacial score (nSPS) is 16.6. The van der Waals surface area contributed by atoms with Crippen LogP contribution in [0.4, 0.5) is 5.69 Å². The molecular weight excluding hydrogens is 471 g/mol. The van der Waals surface area contributed by atoms with Gasteiger partial charge in [-0.25, -0.2) is 4.98 Å². The predicted octanol–water partition coefficient (Wildman–Crippen LogP) is 6.41. The summed E-state index contributed by atoms with van der Waals surface area (Å²) in [6, 6.07) is 8.49. The van der Waals surface area contributed by atoms with Crippen LogP contribution >= 0.6 is 35.4 Å². The van der Waals surface area contributed by atoms with Gasteiger partial charge in [0, 0.05) is 57.1 Å². The molecule has 9 heteroatoms. The molecule has 0 radical (unpaired) electrons. The minimum atomic E-state index is -1.14. The smallest absolute Gasteiger partial charge is 0.214 e.